The Labute approximate surface area is 170 Å². The number of esters is 1. The Morgan fingerprint density at radius 3 is 2.71 bits per heavy atom. The van der Waals surface area contributed by atoms with Gasteiger partial charge in [-0.05, 0) is 55.1 Å². The fourth-order valence-electron chi connectivity index (χ4n) is 3.88. The van der Waals surface area contributed by atoms with Crippen LogP contribution in [0.2, 0.25) is 0 Å². The maximum atomic E-state index is 12.9. The lowest BCUT2D eigenvalue weighted by molar-refractivity contribution is 0.0592. The quantitative estimate of drug-likeness (QED) is 0.794. The minimum Gasteiger partial charge on any atom is -0.464 e. The minimum absolute atomic E-state index is 0. The fraction of sp³-hybridized carbons (Fsp3) is 0.450. The summed E-state index contributed by atoms with van der Waals surface area (Å²) in [5.41, 5.74) is 3.65. The average Bonchev–Trinajstić information content (AvgIpc) is 3.22. The van der Waals surface area contributed by atoms with Crippen LogP contribution in [0.1, 0.15) is 50.9 Å². The van der Waals surface area contributed by atoms with Gasteiger partial charge in [0.25, 0.3) is 5.91 Å². The molecule has 8 heteroatoms. The predicted molar refractivity (Wildman–Crippen MR) is 107 cm³/mol. The molecule has 0 atom stereocenters. The molecule has 0 bridgehead atoms. The van der Waals surface area contributed by atoms with E-state index in [1.54, 1.807) is 6.07 Å². The number of hydrogen-bond acceptors (Lipinski definition) is 5. The van der Waals surface area contributed by atoms with E-state index in [2.05, 4.69) is 16.5 Å². The number of ether oxygens (including phenoxy) is 1. The number of hydrogen-bond donors (Lipinski definition) is 1. The molecule has 7 nitrogen and oxygen atoms in total. The van der Waals surface area contributed by atoms with Gasteiger partial charge in [-0.15, -0.1) is 12.4 Å². The summed E-state index contributed by atoms with van der Waals surface area (Å²) in [5, 5.41) is 7.67. The maximum Gasteiger partial charge on any atom is 0.358 e. The van der Waals surface area contributed by atoms with Crippen LogP contribution in [0, 0.1) is 0 Å². The molecule has 0 unspecified atom stereocenters. The lowest BCUT2D eigenvalue weighted by Crippen LogP contribution is -2.39. The first kappa shape index (κ1) is 20.4. The molecule has 2 aromatic rings. The molecule has 0 radical (unpaired) electrons. The Hall–Kier alpha value is -2.38. The molecular weight excluding hydrogens is 380 g/mol. The summed E-state index contributed by atoms with van der Waals surface area (Å²) < 4.78 is 6.52. The smallest absolute Gasteiger partial charge is 0.358 e. The van der Waals surface area contributed by atoms with Gasteiger partial charge in [0.05, 0.1) is 13.2 Å². The van der Waals surface area contributed by atoms with Crippen LogP contribution in [0.25, 0.3) is 0 Å². The number of nitrogens with zero attached hydrogens (tertiary/aromatic N) is 3. The van der Waals surface area contributed by atoms with Crippen LogP contribution < -0.4 is 5.32 Å². The second-order valence-corrected chi connectivity index (χ2v) is 7.11. The molecule has 1 N–H and O–H groups in total. The van der Waals surface area contributed by atoms with Crippen molar-refractivity contribution in [2.45, 2.75) is 31.8 Å². The van der Waals surface area contributed by atoms with Gasteiger partial charge in [-0.3, -0.25) is 9.48 Å². The van der Waals surface area contributed by atoms with Crippen molar-refractivity contribution in [1.29, 1.82) is 0 Å². The Kier molecular flexibility index (Phi) is 6.36. The summed E-state index contributed by atoms with van der Waals surface area (Å²) >= 11 is 0. The molecule has 2 aliphatic rings. The van der Waals surface area contributed by atoms with Gasteiger partial charge in [0.1, 0.15) is 0 Å². The second-order valence-electron chi connectivity index (χ2n) is 7.11. The molecule has 3 heterocycles. The van der Waals surface area contributed by atoms with E-state index in [4.69, 9.17) is 4.74 Å². The van der Waals surface area contributed by atoms with Crippen molar-refractivity contribution < 1.29 is 14.3 Å². The van der Waals surface area contributed by atoms with Crippen molar-refractivity contribution in [2.24, 2.45) is 0 Å². The highest BCUT2D eigenvalue weighted by molar-refractivity contribution is 5.94. The number of piperidine rings is 1. The molecule has 1 amide bonds. The third-order valence-electron chi connectivity index (χ3n) is 5.47. The van der Waals surface area contributed by atoms with Crippen molar-refractivity contribution >= 4 is 24.3 Å². The molecular formula is C20H25ClN4O3. The predicted octanol–water partition coefficient (Wildman–Crippen LogP) is 2.21. The molecule has 1 saturated heterocycles. The van der Waals surface area contributed by atoms with E-state index in [0.717, 1.165) is 37.9 Å². The molecule has 0 aliphatic carbocycles. The van der Waals surface area contributed by atoms with Gasteiger partial charge < -0.3 is 15.0 Å². The molecule has 2 aliphatic heterocycles. The molecule has 1 aromatic heterocycles. The second kappa shape index (κ2) is 8.75. The van der Waals surface area contributed by atoms with E-state index in [1.807, 2.05) is 27.9 Å². The molecule has 0 spiro atoms. The van der Waals surface area contributed by atoms with Crippen LogP contribution in [0.4, 0.5) is 0 Å². The number of benzene rings is 1. The zero-order valence-electron chi connectivity index (χ0n) is 15.9. The maximum absolute atomic E-state index is 12.9. The molecule has 1 aromatic carbocycles. The number of rotatable bonds is 3. The third kappa shape index (κ3) is 4.05. The summed E-state index contributed by atoms with van der Waals surface area (Å²) in [6.07, 6.45) is 4.47. The van der Waals surface area contributed by atoms with E-state index in [0.29, 0.717) is 18.8 Å². The molecule has 28 heavy (non-hydrogen) atoms. The number of carbonyl (C=O) groups is 2. The standard InChI is InChI=1S/C20H24N4O3.ClH/c1-27-20(26)18-7-11-24(22-18)17-5-9-23(10-6-17)19(25)15-3-2-14-4-8-21-13-16(14)12-15;/h2-3,7,11-12,17,21H,4-6,8-10,13H2,1H3;1H. The van der Waals surface area contributed by atoms with Crippen LogP contribution >= 0.6 is 12.4 Å². The Bertz CT molecular complexity index is 859. The average molecular weight is 405 g/mol. The first-order valence-corrected chi connectivity index (χ1v) is 9.41. The monoisotopic (exact) mass is 404 g/mol. The number of fused-ring (bicyclic) bond motifs is 1. The SMILES string of the molecule is COC(=O)c1ccn(C2CCN(C(=O)c3ccc4c(c3)CNCC4)CC2)n1.Cl. The van der Waals surface area contributed by atoms with Gasteiger partial charge in [0.2, 0.25) is 0 Å². The lowest BCUT2D eigenvalue weighted by Gasteiger charge is -2.32. The Morgan fingerprint density at radius 1 is 1.18 bits per heavy atom. The zero-order valence-corrected chi connectivity index (χ0v) is 16.7. The van der Waals surface area contributed by atoms with Crippen molar-refractivity contribution in [3.05, 3.63) is 52.8 Å². The van der Waals surface area contributed by atoms with Crippen LogP contribution in [-0.4, -0.2) is 53.3 Å². The highest BCUT2D eigenvalue weighted by Crippen LogP contribution is 2.24. The Morgan fingerprint density at radius 2 is 1.96 bits per heavy atom. The number of amides is 1. The minimum atomic E-state index is -0.428. The lowest BCUT2D eigenvalue weighted by atomic mass is 9.97. The first-order valence-electron chi connectivity index (χ1n) is 9.41. The Balaban J connectivity index is 0.00000225. The summed E-state index contributed by atoms with van der Waals surface area (Å²) in [6, 6.07) is 7.94. The van der Waals surface area contributed by atoms with E-state index < -0.39 is 5.97 Å². The van der Waals surface area contributed by atoms with Crippen LogP contribution in [-0.2, 0) is 17.7 Å². The molecule has 0 saturated carbocycles. The van der Waals surface area contributed by atoms with Gasteiger partial charge in [-0.25, -0.2) is 4.79 Å². The molecule has 4 rings (SSSR count). The fourth-order valence-corrected chi connectivity index (χ4v) is 3.88. The largest absolute Gasteiger partial charge is 0.464 e. The molecule has 150 valence electrons. The zero-order chi connectivity index (χ0) is 18.8. The van der Waals surface area contributed by atoms with Crippen molar-refractivity contribution in [1.82, 2.24) is 20.0 Å². The number of aromatic nitrogens is 2. The highest BCUT2D eigenvalue weighted by atomic mass is 35.5. The molecule has 1 fully saturated rings. The summed E-state index contributed by atoms with van der Waals surface area (Å²) in [6.45, 7) is 3.21. The van der Waals surface area contributed by atoms with Crippen molar-refractivity contribution in [2.75, 3.05) is 26.7 Å². The number of carbonyl (C=O) groups excluding carboxylic acids is 2. The highest BCUT2D eigenvalue weighted by Gasteiger charge is 2.26. The first-order chi connectivity index (χ1) is 13.2. The van der Waals surface area contributed by atoms with Gasteiger partial charge in [0, 0.05) is 31.4 Å². The summed E-state index contributed by atoms with van der Waals surface area (Å²) in [7, 11) is 1.35. The topological polar surface area (TPSA) is 76.5 Å². The number of methoxy groups -OCH3 is 1. The van der Waals surface area contributed by atoms with Crippen LogP contribution in [0.5, 0.6) is 0 Å². The van der Waals surface area contributed by atoms with Gasteiger partial charge in [-0.1, -0.05) is 6.07 Å². The van der Waals surface area contributed by atoms with E-state index in [-0.39, 0.29) is 24.4 Å². The summed E-state index contributed by atoms with van der Waals surface area (Å²) in [5.74, 6) is -0.333. The van der Waals surface area contributed by atoms with E-state index in [9.17, 15) is 9.59 Å². The third-order valence-corrected chi connectivity index (χ3v) is 5.47. The van der Waals surface area contributed by atoms with Crippen LogP contribution in [0.3, 0.4) is 0 Å². The van der Waals surface area contributed by atoms with Gasteiger partial charge in [-0.2, -0.15) is 5.10 Å². The summed E-state index contributed by atoms with van der Waals surface area (Å²) in [4.78, 5) is 26.4. The van der Waals surface area contributed by atoms with Gasteiger partial charge >= 0.3 is 5.97 Å². The number of halogens is 1. The number of nitrogens with one attached hydrogen (secondary N) is 1. The van der Waals surface area contributed by atoms with E-state index in [1.165, 1.54) is 18.2 Å². The van der Waals surface area contributed by atoms with Gasteiger partial charge in [0.15, 0.2) is 5.69 Å². The normalized spacial score (nSPS) is 16.8. The van der Waals surface area contributed by atoms with Crippen LogP contribution in [0.15, 0.2) is 30.5 Å². The van der Waals surface area contributed by atoms with Crippen molar-refractivity contribution in [3.63, 3.8) is 0 Å². The van der Waals surface area contributed by atoms with Crippen molar-refractivity contribution in [3.8, 4) is 0 Å². The van der Waals surface area contributed by atoms with E-state index >= 15 is 0 Å². The number of likely N-dealkylation sites (tertiary alicyclic amines) is 1.